The van der Waals surface area contributed by atoms with E-state index in [0.717, 1.165) is 0 Å². The highest BCUT2D eigenvalue weighted by atomic mass is 32.2. The van der Waals surface area contributed by atoms with Crippen LogP contribution in [0.1, 0.15) is 26.7 Å². The lowest BCUT2D eigenvalue weighted by Crippen LogP contribution is -2.52. The van der Waals surface area contributed by atoms with Crippen LogP contribution in [-0.4, -0.2) is 159 Å². The normalized spacial score (nSPS) is 18.9. The maximum atomic E-state index is 12.6. The molecule has 212 valence electrons. The third kappa shape index (κ3) is 12.7. The number of hydrogen-bond acceptors (Lipinski definition) is 10. The van der Waals surface area contributed by atoms with Crippen LogP contribution in [0.4, 0.5) is 0 Å². The molecule has 1 rings (SSSR count). The van der Waals surface area contributed by atoms with Gasteiger partial charge in [-0.3, -0.25) is 43.6 Å². The zero-order valence-corrected chi connectivity index (χ0v) is 22.6. The van der Waals surface area contributed by atoms with Crippen molar-refractivity contribution in [2.75, 3.05) is 78.2 Å². The van der Waals surface area contributed by atoms with Gasteiger partial charge in [-0.05, 0) is 26.5 Å². The summed E-state index contributed by atoms with van der Waals surface area (Å²) in [5, 5.41) is 37.9. The number of Topliss-reactive ketones (excluding diaryl/α,β-unsaturated/α-hetero) is 1. The first-order valence-electron chi connectivity index (χ1n) is 12.1. The molecular weight excluding hydrogens is 508 g/mol. The zero-order valence-electron chi connectivity index (χ0n) is 21.8. The van der Waals surface area contributed by atoms with Gasteiger partial charge in [-0.1, -0.05) is 0 Å². The molecule has 4 N–H and O–H groups in total. The summed E-state index contributed by atoms with van der Waals surface area (Å²) in [6.07, 6.45) is 1.94. The Balaban J connectivity index is 3.16. The minimum atomic E-state index is -1.11. The summed E-state index contributed by atoms with van der Waals surface area (Å²) >= 11 is 1.39. The van der Waals surface area contributed by atoms with Crippen molar-refractivity contribution >= 4 is 41.4 Å². The predicted octanol–water partition coefficient (Wildman–Crippen LogP) is -0.594. The van der Waals surface area contributed by atoms with E-state index in [-0.39, 0.29) is 90.6 Å². The highest BCUT2D eigenvalue weighted by Gasteiger charge is 2.31. The first-order chi connectivity index (χ1) is 17.2. The van der Waals surface area contributed by atoms with E-state index in [4.69, 9.17) is 0 Å². The number of carboxylic acids is 4. The molecule has 1 unspecified atom stereocenters. The summed E-state index contributed by atoms with van der Waals surface area (Å²) in [7, 11) is 0. The van der Waals surface area contributed by atoms with E-state index in [0.29, 0.717) is 0 Å². The molecule has 1 fully saturated rings. The van der Waals surface area contributed by atoms with Crippen molar-refractivity contribution in [2.45, 2.75) is 37.5 Å². The fraction of sp³-hybridized carbons (Fsp3) is 0.783. The largest absolute Gasteiger partial charge is 0.480 e. The van der Waals surface area contributed by atoms with Crippen molar-refractivity contribution in [3.63, 3.8) is 0 Å². The molecule has 0 aromatic rings. The van der Waals surface area contributed by atoms with Crippen LogP contribution in [0.2, 0.25) is 0 Å². The van der Waals surface area contributed by atoms with Crippen molar-refractivity contribution in [1.82, 2.24) is 19.6 Å². The van der Waals surface area contributed by atoms with Gasteiger partial charge in [0.05, 0.1) is 24.4 Å². The van der Waals surface area contributed by atoms with Gasteiger partial charge in [0.25, 0.3) is 0 Å². The SMILES string of the molecule is CSC(C)(C)C(=O)CCC(C(=O)O)N1CCN(CC(=O)O)CCN(CC(=O)O)CCN(CC(=O)O)CC1. The Kier molecular flexibility index (Phi) is 14.1. The van der Waals surface area contributed by atoms with Crippen LogP contribution in [0.3, 0.4) is 0 Å². The van der Waals surface area contributed by atoms with Crippen molar-refractivity contribution in [1.29, 1.82) is 0 Å². The molecule has 37 heavy (non-hydrogen) atoms. The molecule has 0 amide bonds. The second-order valence-electron chi connectivity index (χ2n) is 9.58. The van der Waals surface area contributed by atoms with Crippen molar-refractivity contribution < 1.29 is 44.4 Å². The van der Waals surface area contributed by atoms with Crippen LogP contribution in [0.15, 0.2) is 0 Å². The fourth-order valence-electron chi connectivity index (χ4n) is 4.06. The van der Waals surface area contributed by atoms with E-state index in [2.05, 4.69) is 0 Å². The number of carboxylic acid groups (broad SMARTS) is 4. The highest BCUT2D eigenvalue weighted by molar-refractivity contribution is 8.00. The van der Waals surface area contributed by atoms with E-state index in [9.17, 15) is 44.4 Å². The quantitative estimate of drug-likeness (QED) is 0.229. The Morgan fingerprint density at radius 1 is 0.703 bits per heavy atom. The third-order valence-electron chi connectivity index (χ3n) is 6.50. The van der Waals surface area contributed by atoms with Gasteiger partial charge in [-0.2, -0.15) is 11.8 Å². The van der Waals surface area contributed by atoms with Crippen LogP contribution < -0.4 is 0 Å². The predicted molar refractivity (Wildman–Crippen MR) is 137 cm³/mol. The molecular formula is C23H40N4O9S. The number of carbonyl (C=O) groups is 5. The van der Waals surface area contributed by atoms with Crippen LogP contribution in [-0.2, 0) is 24.0 Å². The lowest BCUT2D eigenvalue weighted by Gasteiger charge is -2.35. The van der Waals surface area contributed by atoms with E-state index >= 15 is 0 Å². The summed E-state index contributed by atoms with van der Waals surface area (Å²) in [5.74, 6) is -4.34. The molecule has 13 nitrogen and oxygen atoms in total. The molecule has 0 radical (unpaired) electrons. The maximum absolute atomic E-state index is 12.6. The lowest BCUT2D eigenvalue weighted by atomic mass is 9.99. The van der Waals surface area contributed by atoms with E-state index in [1.807, 2.05) is 6.26 Å². The van der Waals surface area contributed by atoms with Gasteiger partial charge in [-0.15, -0.1) is 0 Å². The lowest BCUT2D eigenvalue weighted by molar-refractivity contribution is -0.145. The first-order valence-corrected chi connectivity index (χ1v) is 13.4. The van der Waals surface area contributed by atoms with Crippen molar-refractivity contribution in [3.8, 4) is 0 Å². The molecule has 0 spiro atoms. The standard InChI is InChI=1S/C23H40N4O9S/c1-23(2,37-3)18(28)5-4-17(22(35)36)27-12-10-25(15-20(31)32)8-6-24(14-19(29)30)7-9-26(11-13-27)16-21(33)34/h17H,4-16H2,1-3H3,(H,29,30)(H,31,32)(H,33,34)(H,35,36). The Hall–Kier alpha value is -2.26. The summed E-state index contributed by atoms with van der Waals surface area (Å²) < 4.78 is -0.650. The molecule has 0 saturated carbocycles. The van der Waals surface area contributed by atoms with Gasteiger partial charge in [0.2, 0.25) is 0 Å². The molecule has 0 aromatic heterocycles. The number of hydrogen-bond donors (Lipinski definition) is 4. The van der Waals surface area contributed by atoms with Crippen molar-refractivity contribution in [3.05, 3.63) is 0 Å². The van der Waals surface area contributed by atoms with E-state index < -0.39 is 34.7 Å². The summed E-state index contributed by atoms with van der Waals surface area (Å²) in [6, 6.07) is -1.01. The second-order valence-corrected chi connectivity index (χ2v) is 11.0. The number of nitrogens with zero attached hydrogens (tertiary/aromatic N) is 4. The average Bonchev–Trinajstić information content (AvgIpc) is 2.78. The van der Waals surface area contributed by atoms with Gasteiger partial charge < -0.3 is 20.4 Å². The average molecular weight is 549 g/mol. The van der Waals surface area contributed by atoms with Crippen LogP contribution in [0, 0.1) is 0 Å². The number of carbonyl (C=O) groups excluding carboxylic acids is 1. The molecule has 14 heteroatoms. The van der Waals surface area contributed by atoms with Crippen LogP contribution in [0.25, 0.3) is 0 Å². The Morgan fingerprint density at radius 3 is 1.35 bits per heavy atom. The zero-order chi connectivity index (χ0) is 28.2. The molecule has 1 atom stereocenters. The minimum Gasteiger partial charge on any atom is -0.480 e. The number of aliphatic carboxylic acids is 4. The molecule has 1 heterocycles. The van der Waals surface area contributed by atoms with Crippen LogP contribution >= 0.6 is 11.8 Å². The Morgan fingerprint density at radius 2 is 1.05 bits per heavy atom. The fourth-order valence-corrected chi connectivity index (χ4v) is 4.39. The number of rotatable bonds is 13. The number of ketones is 1. The molecule has 0 aromatic carbocycles. The minimum absolute atomic E-state index is 0.0587. The van der Waals surface area contributed by atoms with Crippen molar-refractivity contribution in [2.24, 2.45) is 0 Å². The van der Waals surface area contributed by atoms with E-state index in [1.54, 1.807) is 33.4 Å². The third-order valence-corrected chi connectivity index (χ3v) is 7.75. The maximum Gasteiger partial charge on any atom is 0.320 e. The monoisotopic (exact) mass is 548 g/mol. The molecule has 0 aliphatic carbocycles. The Bertz CT molecular complexity index is 779. The van der Waals surface area contributed by atoms with Gasteiger partial charge in [0, 0.05) is 58.8 Å². The van der Waals surface area contributed by atoms with Gasteiger partial charge in [-0.25, -0.2) is 0 Å². The van der Waals surface area contributed by atoms with Gasteiger partial charge >= 0.3 is 23.9 Å². The molecule has 0 bridgehead atoms. The highest BCUT2D eigenvalue weighted by Crippen LogP contribution is 2.25. The smallest absolute Gasteiger partial charge is 0.320 e. The summed E-state index contributed by atoms with van der Waals surface area (Å²) in [6.45, 7) is 4.48. The van der Waals surface area contributed by atoms with Gasteiger partial charge in [0.15, 0.2) is 0 Å². The second kappa shape index (κ2) is 15.9. The van der Waals surface area contributed by atoms with Gasteiger partial charge in [0.1, 0.15) is 11.8 Å². The molecule has 1 aliphatic rings. The number of thioether (sulfide) groups is 1. The van der Waals surface area contributed by atoms with Crippen LogP contribution in [0.5, 0.6) is 0 Å². The molecule has 1 aliphatic heterocycles. The Labute approximate surface area is 221 Å². The summed E-state index contributed by atoms with van der Waals surface area (Å²) in [4.78, 5) is 65.5. The first kappa shape index (κ1) is 32.8. The topological polar surface area (TPSA) is 179 Å². The van der Waals surface area contributed by atoms with E-state index in [1.165, 1.54) is 11.8 Å². The summed E-state index contributed by atoms with van der Waals surface area (Å²) in [5.41, 5.74) is 0. The molecule has 1 saturated heterocycles.